The van der Waals surface area contributed by atoms with E-state index < -0.39 is 24.2 Å². The first-order valence-electron chi connectivity index (χ1n) is 5.29. The minimum Gasteiger partial charge on any atom is -0.464 e. The van der Waals surface area contributed by atoms with Gasteiger partial charge in [-0.2, -0.15) is 0 Å². The number of esters is 1. The number of aliphatic hydroxyl groups excluding tert-OH is 1. The summed E-state index contributed by atoms with van der Waals surface area (Å²) in [6.07, 6.45) is -0.487. The highest BCUT2D eigenvalue weighted by atomic mass is 16.6. The van der Waals surface area contributed by atoms with Gasteiger partial charge in [-0.1, -0.05) is 0 Å². The van der Waals surface area contributed by atoms with E-state index >= 15 is 0 Å². The normalized spacial score (nSPS) is 25.1. The number of nitrogens with zero attached hydrogens (tertiary/aromatic N) is 1. The average Bonchev–Trinajstić information content (AvgIpc) is 2.28. The molecule has 0 aliphatic carbocycles. The highest BCUT2D eigenvalue weighted by Crippen LogP contribution is 2.19. The second-order valence-electron chi connectivity index (χ2n) is 3.61. The minimum atomic E-state index is -0.740. The highest BCUT2D eigenvalue weighted by Gasteiger charge is 2.37. The number of carbonyl (C=O) groups excluding carboxylic acids is 2. The Hall–Kier alpha value is -1.30. The molecule has 1 N–H and O–H groups in total. The van der Waals surface area contributed by atoms with E-state index in [1.165, 1.54) is 12.0 Å². The number of ether oxygens (including phenoxy) is 2. The lowest BCUT2D eigenvalue weighted by Crippen LogP contribution is -2.51. The van der Waals surface area contributed by atoms with Crippen LogP contribution < -0.4 is 0 Å². The maximum absolute atomic E-state index is 11.6. The largest absolute Gasteiger partial charge is 0.464 e. The molecule has 6 heteroatoms. The molecule has 0 saturated carbocycles. The number of likely N-dealkylation sites (tertiary alicyclic amines) is 1. The Balaban J connectivity index is 2.72. The fourth-order valence-electron chi connectivity index (χ4n) is 1.74. The topological polar surface area (TPSA) is 76.1 Å². The lowest BCUT2D eigenvalue weighted by molar-refractivity contribution is -0.151. The van der Waals surface area contributed by atoms with Crippen molar-refractivity contribution >= 4 is 12.1 Å². The minimum absolute atomic E-state index is 0.202. The van der Waals surface area contributed by atoms with Crippen molar-refractivity contribution in [3.8, 4) is 0 Å². The number of piperidine rings is 1. The van der Waals surface area contributed by atoms with Crippen LogP contribution in [0.1, 0.15) is 19.8 Å². The molecule has 1 aliphatic rings. The van der Waals surface area contributed by atoms with Gasteiger partial charge in [0.05, 0.1) is 19.8 Å². The van der Waals surface area contributed by atoms with E-state index in [1.807, 2.05) is 0 Å². The van der Waals surface area contributed by atoms with Gasteiger partial charge in [-0.15, -0.1) is 0 Å². The van der Waals surface area contributed by atoms with Gasteiger partial charge in [0.25, 0.3) is 0 Å². The summed E-state index contributed by atoms with van der Waals surface area (Å²) in [4.78, 5) is 24.3. The van der Waals surface area contributed by atoms with Gasteiger partial charge in [0.15, 0.2) is 0 Å². The molecule has 1 rings (SSSR count). The number of aliphatic hydroxyl groups is 1. The van der Waals surface area contributed by atoms with E-state index in [4.69, 9.17) is 4.74 Å². The first-order chi connectivity index (χ1) is 7.60. The van der Waals surface area contributed by atoms with Crippen LogP contribution in [0.4, 0.5) is 4.79 Å². The van der Waals surface area contributed by atoms with Crippen LogP contribution in [0.15, 0.2) is 0 Å². The molecule has 0 radical (unpaired) electrons. The SMILES string of the molecule is CCOC(=O)C1CC(O)CCN1C(=O)OC. The molecular formula is C10H17NO5. The van der Waals surface area contributed by atoms with Crippen LogP contribution in [0.25, 0.3) is 0 Å². The van der Waals surface area contributed by atoms with Gasteiger partial charge >= 0.3 is 12.1 Å². The molecule has 0 spiro atoms. The van der Waals surface area contributed by atoms with Crippen LogP contribution in [0, 0.1) is 0 Å². The first kappa shape index (κ1) is 12.8. The van der Waals surface area contributed by atoms with Gasteiger partial charge in [-0.25, -0.2) is 9.59 Å². The van der Waals surface area contributed by atoms with Gasteiger partial charge in [-0.05, 0) is 13.3 Å². The molecule has 2 atom stereocenters. The molecule has 0 bridgehead atoms. The van der Waals surface area contributed by atoms with Crippen LogP contribution in [-0.4, -0.2) is 54.5 Å². The predicted octanol–water partition coefficient (Wildman–Crippen LogP) is 0.141. The molecule has 1 fully saturated rings. The van der Waals surface area contributed by atoms with Crippen LogP contribution >= 0.6 is 0 Å². The molecule has 1 heterocycles. The van der Waals surface area contributed by atoms with E-state index in [-0.39, 0.29) is 13.0 Å². The summed E-state index contributed by atoms with van der Waals surface area (Å²) >= 11 is 0. The molecule has 92 valence electrons. The van der Waals surface area contributed by atoms with Crippen LogP contribution in [0.5, 0.6) is 0 Å². The van der Waals surface area contributed by atoms with Gasteiger partial charge in [-0.3, -0.25) is 4.90 Å². The molecule has 0 aromatic carbocycles. The molecule has 0 aromatic heterocycles. The Labute approximate surface area is 94.1 Å². The molecule has 1 aliphatic heterocycles. The van der Waals surface area contributed by atoms with E-state index in [1.54, 1.807) is 6.92 Å². The summed E-state index contributed by atoms with van der Waals surface area (Å²) in [6, 6.07) is -0.740. The standard InChI is InChI=1S/C10H17NO5/c1-3-16-9(13)8-6-7(12)4-5-11(8)10(14)15-2/h7-8,12H,3-6H2,1-2H3. The summed E-state index contributed by atoms with van der Waals surface area (Å²) < 4.78 is 9.44. The van der Waals surface area contributed by atoms with Crippen LogP contribution in [-0.2, 0) is 14.3 Å². The maximum Gasteiger partial charge on any atom is 0.410 e. The van der Waals surface area contributed by atoms with Crippen molar-refractivity contribution in [2.75, 3.05) is 20.3 Å². The summed E-state index contributed by atoms with van der Waals surface area (Å²) in [7, 11) is 1.26. The Morgan fingerprint density at radius 2 is 2.19 bits per heavy atom. The van der Waals surface area contributed by atoms with Crippen molar-refractivity contribution in [1.29, 1.82) is 0 Å². The molecule has 16 heavy (non-hydrogen) atoms. The fraction of sp³-hybridized carbons (Fsp3) is 0.800. The smallest absolute Gasteiger partial charge is 0.410 e. The number of carbonyl (C=O) groups is 2. The van der Waals surface area contributed by atoms with Crippen molar-refractivity contribution in [3.05, 3.63) is 0 Å². The molecule has 1 saturated heterocycles. The van der Waals surface area contributed by atoms with Gasteiger partial charge in [0, 0.05) is 13.0 Å². The zero-order chi connectivity index (χ0) is 12.1. The zero-order valence-electron chi connectivity index (χ0n) is 9.51. The third-order valence-corrected chi connectivity index (χ3v) is 2.54. The second kappa shape index (κ2) is 5.69. The Morgan fingerprint density at radius 3 is 2.75 bits per heavy atom. The number of amides is 1. The van der Waals surface area contributed by atoms with Crippen LogP contribution in [0.3, 0.4) is 0 Å². The Morgan fingerprint density at radius 1 is 1.50 bits per heavy atom. The van der Waals surface area contributed by atoms with Crippen molar-refractivity contribution in [1.82, 2.24) is 4.90 Å². The summed E-state index contributed by atoms with van der Waals surface area (Å²) in [5.74, 6) is -0.494. The molecule has 2 unspecified atom stereocenters. The summed E-state index contributed by atoms with van der Waals surface area (Å²) in [5.41, 5.74) is 0. The summed E-state index contributed by atoms with van der Waals surface area (Å²) in [5, 5.41) is 9.48. The van der Waals surface area contributed by atoms with Crippen molar-refractivity contribution in [3.63, 3.8) is 0 Å². The van der Waals surface area contributed by atoms with Gasteiger partial charge in [0.2, 0.25) is 0 Å². The maximum atomic E-state index is 11.6. The second-order valence-corrected chi connectivity index (χ2v) is 3.61. The van der Waals surface area contributed by atoms with E-state index in [0.717, 1.165) is 0 Å². The number of hydrogen-bond acceptors (Lipinski definition) is 5. The molecule has 0 aromatic rings. The van der Waals surface area contributed by atoms with Crippen molar-refractivity contribution in [2.24, 2.45) is 0 Å². The van der Waals surface area contributed by atoms with Crippen LogP contribution in [0.2, 0.25) is 0 Å². The quantitative estimate of drug-likeness (QED) is 0.684. The van der Waals surface area contributed by atoms with Gasteiger partial charge in [0.1, 0.15) is 6.04 Å². The lowest BCUT2D eigenvalue weighted by Gasteiger charge is -2.34. The number of rotatable bonds is 2. The summed E-state index contributed by atoms with van der Waals surface area (Å²) in [6.45, 7) is 2.25. The first-order valence-corrected chi connectivity index (χ1v) is 5.29. The van der Waals surface area contributed by atoms with E-state index in [0.29, 0.717) is 13.0 Å². The Kier molecular flexibility index (Phi) is 4.54. The fourth-order valence-corrected chi connectivity index (χ4v) is 1.74. The van der Waals surface area contributed by atoms with E-state index in [2.05, 4.69) is 4.74 Å². The molecule has 1 amide bonds. The third kappa shape index (κ3) is 2.85. The lowest BCUT2D eigenvalue weighted by atomic mass is 10.00. The third-order valence-electron chi connectivity index (χ3n) is 2.54. The van der Waals surface area contributed by atoms with Crippen molar-refractivity contribution in [2.45, 2.75) is 31.9 Å². The van der Waals surface area contributed by atoms with Crippen molar-refractivity contribution < 1.29 is 24.2 Å². The zero-order valence-corrected chi connectivity index (χ0v) is 9.51. The highest BCUT2D eigenvalue weighted by molar-refractivity contribution is 5.81. The average molecular weight is 231 g/mol. The van der Waals surface area contributed by atoms with E-state index in [9.17, 15) is 14.7 Å². The number of hydrogen-bond donors (Lipinski definition) is 1. The molecule has 6 nitrogen and oxygen atoms in total. The van der Waals surface area contributed by atoms with Gasteiger partial charge < -0.3 is 14.6 Å². The monoisotopic (exact) mass is 231 g/mol. The predicted molar refractivity (Wildman–Crippen MR) is 54.8 cm³/mol. The molecular weight excluding hydrogens is 214 g/mol. The Bertz CT molecular complexity index is 268. The number of methoxy groups -OCH3 is 1.